The molecule has 0 spiro atoms. The summed E-state index contributed by atoms with van der Waals surface area (Å²) < 4.78 is 45.6. The smallest absolute Gasteiger partial charge is 0.417 e. The first-order valence-electron chi connectivity index (χ1n) is 13.2. The summed E-state index contributed by atoms with van der Waals surface area (Å²) in [6.45, 7) is 0.678. The van der Waals surface area contributed by atoms with Gasteiger partial charge in [-0.1, -0.05) is 17.4 Å². The zero-order valence-electron chi connectivity index (χ0n) is 22.6. The summed E-state index contributed by atoms with van der Waals surface area (Å²) in [5.41, 5.74) is 0.213. The molecule has 0 unspecified atom stereocenters. The number of aromatic nitrogens is 5. The molecule has 5 heterocycles. The molecule has 0 atom stereocenters. The number of nitrogens with one attached hydrogen (secondary N) is 2. The van der Waals surface area contributed by atoms with Gasteiger partial charge in [0.1, 0.15) is 11.4 Å². The van der Waals surface area contributed by atoms with E-state index in [1.165, 1.54) is 29.9 Å². The highest BCUT2D eigenvalue weighted by atomic mass is 32.1. The van der Waals surface area contributed by atoms with Crippen molar-refractivity contribution in [2.45, 2.75) is 19.0 Å². The molecule has 3 amide bonds. The molecular weight excluding hydrogens is 597 g/mol. The van der Waals surface area contributed by atoms with E-state index in [9.17, 15) is 22.8 Å². The first kappa shape index (κ1) is 28.7. The van der Waals surface area contributed by atoms with Gasteiger partial charge in [-0.3, -0.25) is 19.7 Å². The Bertz CT molecular complexity index is 1800. The number of thiazole rings is 1. The van der Waals surface area contributed by atoms with Crippen LogP contribution < -0.4 is 20.3 Å². The van der Waals surface area contributed by atoms with Crippen LogP contribution in [-0.4, -0.2) is 43.4 Å². The number of rotatable bonds is 7. The minimum Gasteiger partial charge on any atom is -0.424 e. The van der Waals surface area contributed by atoms with Crippen molar-refractivity contribution in [2.24, 2.45) is 0 Å². The largest absolute Gasteiger partial charge is 0.424 e. The summed E-state index contributed by atoms with van der Waals surface area (Å²) in [7, 11) is 0. The average Bonchev–Trinajstić information content (AvgIpc) is 3.67. The molecule has 222 valence electrons. The fourth-order valence-corrected chi connectivity index (χ4v) is 5.27. The number of hydrogen-bond donors (Lipinski definition) is 2. The number of anilines is 3. The van der Waals surface area contributed by atoms with Gasteiger partial charge < -0.3 is 15.4 Å². The van der Waals surface area contributed by atoms with Crippen molar-refractivity contribution in [1.29, 1.82) is 0 Å². The van der Waals surface area contributed by atoms with Crippen LogP contribution in [0.25, 0.3) is 21.8 Å². The van der Waals surface area contributed by atoms with Gasteiger partial charge in [-0.2, -0.15) is 13.2 Å². The number of ether oxygens (including phenoxy) is 1. The van der Waals surface area contributed by atoms with Gasteiger partial charge in [-0.05, 0) is 54.4 Å². The monoisotopic (exact) mass is 618 g/mol. The first-order chi connectivity index (χ1) is 21.2. The number of hydrogen-bond acceptors (Lipinski definition) is 9. The van der Waals surface area contributed by atoms with Crippen LogP contribution in [0.5, 0.6) is 11.8 Å². The van der Waals surface area contributed by atoms with Gasteiger partial charge >= 0.3 is 18.2 Å². The van der Waals surface area contributed by atoms with Crippen LogP contribution in [0.2, 0.25) is 0 Å². The van der Waals surface area contributed by atoms with Gasteiger partial charge in [0.25, 0.3) is 0 Å². The quantitative estimate of drug-likeness (QED) is 0.207. The second kappa shape index (κ2) is 12.0. The number of carbonyl (C=O) groups excluding carboxylic acids is 2. The van der Waals surface area contributed by atoms with Crippen molar-refractivity contribution >= 4 is 39.8 Å². The molecule has 0 saturated carbocycles. The lowest BCUT2D eigenvalue weighted by molar-refractivity contribution is -0.137. The first-order valence-corrected chi connectivity index (χ1v) is 14.0. The zero-order chi connectivity index (χ0) is 30.7. The van der Waals surface area contributed by atoms with Gasteiger partial charge in [0, 0.05) is 31.6 Å². The van der Waals surface area contributed by atoms with E-state index in [2.05, 4.69) is 35.6 Å². The van der Waals surface area contributed by atoms with Crippen molar-refractivity contribution in [3.8, 4) is 33.6 Å². The van der Waals surface area contributed by atoms with Crippen LogP contribution in [0.15, 0.2) is 79.5 Å². The van der Waals surface area contributed by atoms with Crippen molar-refractivity contribution in [3.05, 3.63) is 85.1 Å². The van der Waals surface area contributed by atoms with Crippen molar-refractivity contribution in [3.63, 3.8) is 0 Å². The lowest BCUT2D eigenvalue weighted by Gasteiger charge is -2.14. The van der Waals surface area contributed by atoms with Crippen LogP contribution in [0.4, 0.5) is 34.5 Å². The zero-order valence-corrected chi connectivity index (χ0v) is 23.4. The molecule has 0 bridgehead atoms. The van der Waals surface area contributed by atoms with E-state index in [1.807, 2.05) is 12.1 Å². The van der Waals surface area contributed by atoms with E-state index < -0.39 is 17.8 Å². The second-order valence-corrected chi connectivity index (χ2v) is 10.5. The number of urea groups is 1. The van der Waals surface area contributed by atoms with Crippen LogP contribution in [0, 0.1) is 0 Å². The minimum absolute atomic E-state index is 0.0100. The molecule has 2 N–H and O–H groups in total. The molecular formula is C29H21F3N8O3S. The van der Waals surface area contributed by atoms with Crippen molar-refractivity contribution in [2.75, 3.05) is 22.1 Å². The van der Waals surface area contributed by atoms with Gasteiger partial charge in [-0.15, -0.1) is 0 Å². The maximum atomic E-state index is 13.3. The number of halogens is 3. The highest BCUT2D eigenvalue weighted by Gasteiger charge is 2.32. The molecule has 1 aromatic carbocycles. The Hall–Kier alpha value is -5.44. The third-order valence-corrected chi connectivity index (χ3v) is 7.47. The van der Waals surface area contributed by atoms with E-state index in [0.717, 1.165) is 22.9 Å². The van der Waals surface area contributed by atoms with Crippen molar-refractivity contribution in [1.82, 2.24) is 24.9 Å². The summed E-state index contributed by atoms with van der Waals surface area (Å²) in [5.74, 6) is 0.546. The molecule has 4 aromatic heterocycles. The van der Waals surface area contributed by atoms with E-state index in [0.29, 0.717) is 30.0 Å². The van der Waals surface area contributed by atoms with Gasteiger partial charge in [0.05, 0.1) is 39.9 Å². The maximum Gasteiger partial charge on any atom is 0.417 e. The molecule has 11 nitrogen and oxygen atoms in total. The Balaban J connectivity index is 1.09. The fourth-order valence-electron chi connectivity index (χ4n) is 4.31. The molecule has 5 aromatic rings. The molecule has 1 aliphatic rings. The Labute approximate surface area is 251 Å². The van der Waals surface area contributed by atoms with E-state index in [4.69, 9.17) is 4.74 Å². The number of amides is 3. The van der Waals surface area contributed by atoms with Gasteiger partial charge in [-0.25, -0.2) is 19.7 Å². The standard InChI is InChI=1S/C29H21F3N8O3S/c30-29(31,32)18-12-22(25(34-13-18)21-4-1-2-10-33-21)39-26(42)38-19-14-35-27(36-15-19)43-20-8-6-17(7-9-20)23-16-37-28(44-23)40-11-3-5-24(40)41/h1-2,4,6-10,12-16H,3,5,11H2,(H2,38,39,42). The summed E-state index contributed by atoms with van der Waals surface area (Å²) >= 11 is 1.44. The number of nitrogens with zero attached hydrogens (tertiary/aromatic N) is 6. The molecule has 0 radical (unpaired) electrons. The second-order valence-electron chi connectivity index (χ2n) is 9.45. The molecule has 6 rings (SSSR count). The van der Waals surface area contributed by atoms with Crippen LogP contribution in [-0.2, 0) is 11.0 Å². The third-order valence-electron chi connectivity index (χ3n) is 6.40. The SMILES string of the molecule is O=C(Nc1cnc(Oc2ccc(-c3cnc(N4CCCC4=O)s3)cc2)nc1)Nc1cc(C(F)(F)F)cnc1-c1ccccn1. The van der Waals surface area contributed by atoms with E-state index in [-0.39, 0.29) is 34.7 Å². The van der Waals surface area contributed by atoms with E-state index >= 15 is 0 Å². The lowest BCUT2D eigenvalue weighted by atomic mass is 10.1. The molecule has 1 saturated heterocycles. The predicted octanol–water partition coefficient (Wildman–Crippen LogP) is 6.64. The summed E-state index contributed by atoms with van der Waals surface area (Å²) in [6, 6.07) is 12.0. The topological polar surface area (TPSA) is 135 Å². The normalized spacial score (nSPS) is 13.2. The Morgan fingerprint density at radius 1 is 0.932 bits per heavy atom. The number of pyridine rings is 2. The molecule has 0 aliphatic carbocycles. The highest BCUT2D eigenvalue weighted by Crippen LogP contribution is 2.35. The molecule has 15 heteroatoms. The Morgan fingerprint density at radius 3 is 2.41 bits per heavy atom. The van der Waals surface area contributed by atoms with Gasteiger partial charge in [0.2, 0.25) is 5.91 Å². The lowest BCUT2D eigenvalue weighted by Crippen LogP contribution is -2.23. The Kier molecular flexibility index (Phi) is 7.85. The van der Waals surface area contributed by atoms with Crippen LogP contribution >= 0.6 is 11.3 Å². The molecule has 1 aliphatic heterocycles. The number of carbonyl (C=O) groups is 2. The van der Waals surface area contributed by atoms with Crippen LogP contribution in [0.1, 0.15) is 18.4 Å². The van der Waals surface area contributed by atoms with E-state index in [1.54, 1.807) is 41.4 Å². The van der Waals surface area contributed by atoms with Gasteiger partial charge in [0.15, 0.2) is 5.13 Å². The average molecular weight is 619 g/mol. The number of alkyl halides is 3. The fraction of sp³-hybridized carbons (Fsp3) is 0.138. The minimum atomic E-state index is -4.66. The van der Waals surface area contributed by atoms with Crippen molar-refractivity contribution < 1.29 is 27.5 Å². The molecule has 44 heavy (non-hydrogen) atoms. The molecule has 1 fully saturated rings. The third kappa shape index (κ3) is 6.47. The predicted molar refractivity (Wildman–Crippen MR) is 156 cm³/mol. The summed E-state index contributed by atoms with van der Waals surface area (Å²) in [6.07, 6.45) is 3.17. The Morgan fingerprint density at radius 2 is 1.73 bits per heavy atom. The maximum absolute atomic E-state index is 13.3. The highest BCUT2D eigenvalue weighted by molar-refractivity contribution is 7.19. The summed E-state index contributed by atoms with van der Waals surface area (Å²) in [5, 5.41) is 5.56. The van der Waals surface area contributed by atoms with Crippen LogP contribution in [0.3, 0.4) is 0 Å². The number of benzene rings is 1. The summed E-state index contributed by atoms with van der Waals surface area (Å²) in [4.78, 5) is 47.8.